The van der Waals surface area contributed by atoms with Crippen LogP contribution >= 0.6 is 11.3 Å². The number of hydrazine groups is 1. The Labute approximate surface area is 199 Å². The summed E-state index contributed by atoms with van der Waals surface area (Å²) >= 11 is 1.50. The van der Waals surface area contributed by atoms with Crippen LogP contribution in [0.3, 0.4) is 0 Å². The molecular weight excluding hydrogens is 450 g/mol. The maximum absolute atomic E-state index is 13.4. The average molecular weight is 472 g/mol. The molecule has 1 aliphatic heterocycles. The van der Waals surface area contributed by atoms with Crippen LogP contribution in [0.2, 0.25) is 0 Å². The largest absolute Gasteiger partial charge is 0.344 e. The van der Waals surface area contributed by atoms with E-state index in [0.717, 1.165) is 9.89 Å². The number of para-hydroxylation sites is 1. The van der Waals surface area contributed by atoms with E-state index in [0.29, 0.717) is 23.4 Å². The zero-order valence-corrected chi connectivity index (χ0v) is 19.1. The number of thiophene rings is 1. The van der Waals surface area contributed by atoms with E-state index in [1.165, 1.54) is 16.0 Å². The van der Waals surface area contributed by atoms with Crippen molar-refractivity contribution in [2.75, 3.05) is 0 Å². The second-order valence-corrected chi connectivity index (χ2v) is 8.72. The van der Waals surface area contributed by atoms with Gasteiger partial charge in [0.1, 0.15) is 16.9 Å². The molecule has 0 aliphatic carbocycles. The fourth-order valence-electron chi connectivity index (χ4n) is 4.05. The topological polar surface area (TPSA) is 96.3 Å². The third-order valence-electron chi connectivity index (χ3n) is 5.82. The number of imide groups is 1. The number of carbonyl (C=O) groups is 3. The number of nitrogens with zero attached hydrogens (tertiary/aromatic N) is 3. The Balaban J connectivity index is 1.49. The van der Waals surface area contributed by atoms with Crippen LogP contribution in [0.15, 0.2) is 84.2 Å². The number of urea groups is 1. The summed E-state index contributed by atoms with van der Waals surface area (Å²) in [5, 5.41) is 10.1. The van der Waals surface area contributed by atoms with Gasteiger partial charge < -0.3 is 5.32 Å². The van der Waals surface area contributed by atoms with Gasteiger partial charge in [0.2, 0.25) is 0 Å². The normalized spacial score (nSPS) is 17.6. The third-order valence-corrected chi connectivity index (χ3v) is 6.71. The van der Waals surface area contributed by atoms with Crippen molar-refractivity contribution >= 4 is 29.2 Å². The fourth-order valence-corrected chi connectivity index (χ4v) is 4.73. The first-order chi connectivity index (χ1) is 16.5. The third kappa shape index (κ3) is 3.56. The number of carbonyl (C=O) groups excluding carboxylic acids is 3. The van der Waals surface area contributed by atoms with Crippen molar-refractivity contribution in [3.05, 3.63) is 95.5 Å². The number of nitrogens with one attached hydrogen (secondary N) is 2. The number of rotatable bonds is 6. The molecule has 1 atom stereocenters. The molecule has 170 valence electrons. The van der Waals surface area contributed by atoms with Gasteiger partial charge >= 0.3 is 6.03 Å². The van der Waals surface area contributed by atoms with E-state index in [2.05, 4.69) is 15.8 Å². The molecule has 1 saturated heterocycles. The summed E-state index contributed by atoms with van der Waals surface area (Å²) in [5.41, 5.74) is 3.41. The van der Waals surface area contributed by atoms with Crippen LogP contribution < -0.4 is 10.7 Å². The van der Waals surface area contributed by atoms with E-state index in [4.69, 9.17) is 0 Å². The van der Waals surface area contributed by atoms with Crippen molar-refractivity contribution in [1.29, 1.82) is 0 Å². The summed E-state index contributed by atoms with van der Waals surface area (Å²) in [4.78, 5) is 40.5. The molecule has 2 aromatic heterocycles. The highest BCUT2D eigenvalue weighted by molar-refractivity contribution is 7.13. The summed E-state index contributed by atoms with van der Waals surface area (Å²) < 4.78 is 1.51. The molecule has 5 rings (SSSR count). The monoisotopic (exact) mass is 471 g/mol. The lowest BCUT2D eigenvalue weighted by Gasteiger charge is -2.25. The lowest BCUT2D eigenvalue weighted by atomic mass is 9.87. The fraction of sp³-hybridized carbons (Fsp3) is 0.120. The maximum Gasteiger partial charge on any atom is 0.344 e. The average Bonchev–Trinajstić information content (AvgIpc) is 3.61. The van der Waals surface area contributed by atoms with Crippen molar-refractivity contribution in [3.8, 4) is 16.3 Å². The minimum atomic E-state index is -1.24. The van der Waals surface area contributed by atoms with Gasteiger partial charge in [-0.15, -0.1) is 11.3 Å². The van der Waals surface area contributed by atoms with E-state index in [1.54, 1.807) is 30.3 Å². The quantitative estimate of drug-likeness (QED) is 0.414. The number of hydrogen-bond acceptors (Lipinski definition) is 5. The van der Waals surface area contributed by atoms with Crippen LogP contribution in [0, 0.1) is 0 Å². The lowest BCUT2D eigenvalue weighted by Crippen LogP contribution is -2.48. The molecule has 9 heteroatoms. The first-order valence-corrected chi connectivity index (χ1v) is 11.6. The molecule has 4 aromatic rings. The van der Waals surface area contributed by atoms with E-state index in [9.17, 15) is 14.4 Å². The molecular formula is C25H21N5O3S. The van der Waals surface area contributed by atoms with Gasteiger partial charge in [-0.05, 0) is 41.6 Å². The second kappa shape index (κ2) is 8.60. The molecule has 4 amide bonds. The van der Waals surface area contributed by atoms with Crippen LogP contribution in [0.1, 0.15) is 29.4 Å². The summed E-state index contributed by atoms with van der Waals surface area (Å²) in [6.45, 7) is 1.81. The first-order valence-electron chi connectivity index (χ1n) is 10.8. The summed E-state index contributed by atoms with van der Waals surface area (Å²) in [6.07, 6.45) is 0.332. The van der Waals surface area contributed by atoms with Gasteiger partial charge in [0.25, 0.3) is 11.8 Å². The number of amides is 4. The molecule has 2 N–H and O–H groups in total. The minimum Gasteiger partial charge on any atom is -0.318 e. The maximum atomic E-state index is 13.4. The van der Waals surface area contributed by atoms with Crippen molar-refractivity contribution in [1.82, 2.24) is 25.5 Å². The van der Waals surface area contributed by atoms with Crippen LogP contribution in [0.5, 0.6) is 0 Å². The first kappa shape index (κ1) is 21.6. The van der Waals surface area contributed by atoms with Crippen molar-refractivity contribution in [2.24, 2.45) is 0 Å². The predicted molar refractivity (Wildman–Crippen MR) is 128 cm³/mol. The Morgan fingerprint density at radius 1 is 1.03 bits per heavy atom. The molecule has 8 nitrogen and oxygen atoms in total. The van der Waals surface area contributed by atoms with Gasteiger partial charge in [0.05, 0.1) is 10.6 Å². The molecule has 0 saturated carbocycles. The van der Waals surface area contributed by atoms with Gasteiger partial charge in [0, 0.05) is 0 Å². The van der Waals surface area contributed by atoms with Crippen molar-refractivity contribution in [2.45, 2.75) is 18.9 Å². The highest BCUT2D eigenvalue weighted by Crippen LogP contribution is 2.32. The van der Waals surface area contributed by atoms with Crippen LogP contribution in [0.4, 0.5) is 4.79 Å². The minimum absolute atomic E-state index is 0.198. The Morgan fingerprint density at radius 3 is 2.38 bits per heavy atom. The molecule has 34 heavy (non-hydrogen) atoms. The smallest absolute Gasteiger partial charge is 0.318 e. The SMILES string of the molecule is CC[C@@]1(c2ccccc2)NC(=O)N(NC(=O)c2cc(-c3cccs3)nn2-c2ccccc2)C1=O. The number of aromatic nitrogens is 2. The van der Waals surface area contributed by atoms with E-state index >= 15 is 0 Å². The van der Waals surface area contributed by atoms with Gasteiger partial charge in [-0.25, -0.2) is 9.48 Å². The van der Waals surface area contributed by atoms with Crippen LogP contribution in [-0.2, 0) is 10.3 Å². The zero-order valence-electron chi connectivity index (χ0n) is 18.3. The zero-order chi connectivity index (χ0) is 23.7. The van der Waals surface area contributed by atoms with Gasteiger partial charge in [-0.3, -0.25) is 15.0 Å². The molecule has 3 heterocycles. The predicted octanol–water partition coefficient (Wildman–Crippen LogP) is 4.10. The van der Waals surface area contributed by atoms with E-state index in [-0.39, 0.29) is 5.69 Å². The number of hydrogen-bond donors (Lipinski definition) is 2. The van der Waals surface area contributed by atoms with E-state index < -0.39 is 23.4 Å². The molecule has 1 fully saturated rings. The standard InChI is InChI=1S/C25H21N5O3S/c1-2-25(17-10-5-3-6-11-17)23(32)30(24(33)26-25)28-22(31)20-16-19(21-14-9-15-34-21)27-29(20)18-12-7-4-8-13-18/h3-16H,2H2,1H3,(H,26,33)(H,28,31)/t25-/m0/s1. The number of benzene rings is 2. The summed E-state index contributed by atoms with van der Waals surface area (Å²) in [7, 11) is 0. The van der Waals surface area contributed by atoms with Gasteiger partial charge in [-0.1, -0.05) is 61.5 Å². The van der Waals surface area contributed by atoms with Gasteiger partial charge in [-0.2, -0.15) is 10.1 Å². The molecule has 0 unspecified atom stereocenters. The molecule has 0 bridgehead atoms. The lowest BCUT2D eigenvalue weighted by molar-refractivity contribution is -0.133. The molecule has 2 aromatic carbocycles. The van der Waals surface area contributed by atoms with Gasteiger partial charge in [0.15, 0.2) is 0 Å². The van der Waals surface area contributed by atoms with E-state index in [1.807, 2.05) is 60.8 Å². The van der Waals surface area contributed by atoms with Crippen molar-refractivity contribution < 1.29 is 14.4 Å². The Bertz CT molecular complexity index is 1350. The van der Waals surface area contributed by atoms with Crippen LogP contribution in [0.25, 0.3) is 16.3 Å². The Morgan fingerprint density at radius 2 is 1.74 bits per heavy atom. The van der Waals surface area contributed by atoms with Crippen molar-refractivity contribution in [3.63, 3.8) is 0 Å². The highest BCUT2D eigenvalue weighted by Gasteiger charge is 2.52. The molecule has 1 aliphatic rings. The molecule has 0 radical (unpaired) electrons. The highest BCUT2D eigenvalue weighted by atomic mass is 32.1. The summed E-state index contributed by atoms with van der Waals surface area (Å²) in [6, 6.07) is 23.0. The Kier molecular flexibility index (Phi) is 5.46. The second-order valence-electron chi connectivity index (χ2n) is 7.78. The summed E-state index contributed by atoms with van der Waals surface area (Å²) in [5.74, 6) is -1.16. The van der Waals surface area contributed by atoms with Crippen LogP contribution in [-0.4, -0.2) is 32.6 Å². The molecule has 0 spiro atoms. The Hall–Kier alpha value is -4.24.